The van der Waals surface area contributed by atoms with E-state index in [1.807, 2.05) is 34.6 Å². The molecule has 0 spiro atoms. The first-order valence-corrected chi connectivity index (χ1v) is 6.81. The molecule has 0 aromatic carbocycles. The van der Waals surface area contributed by atoms with Crippen LogP contribution in [-0.2, 0) is 19.1 Å². The largest absolute Gasteiger partial charge is 0.458 e. The molecule has 0 bridgehead atoms. The van der Waals surface area contributed by atoms with E-state index in [0.717, 1.165) is 0 Å². The van der Waals surface area contributed by atoms with Crippen LogP contribution >= 0.6 is 0 Å². The Hall–Kier alpha value is -1.10. The Labute approximate surface area is 115 Å². The number of ether oxygens (including phenoxy) is 2. The lowest BCUT2D eigenvalue weighted by Crippen LogP contribution is -2.49. The SMILES string of the molecule is CC(C)[C@@H](NC(=O)C1CCOC1)C(=O)OC(C)(C)C. The lowest BCUT2D eigenvalue weighted by Gasteiger charge is -2.27. The molecule has 1 heterocycles. The van der Waals surface area contributed by atoms with Gasteiger partial charge in [0, 0.05) is 6.61 Å². The number of hydrogen-bond acceptors (Lipinski definition) is 4. The van der Waals surface area contributed by atoms with E-state index in [0.29, 0.717) is 19.6 Å². The van der Waals surface area contributed by atoms with Gasteiger partial charge in [0.05, 0.1) is 12.5 Å². The van der Waals surface area contributed by atoms with E-state index in [1.165, 1.54) is 0 Å². The standard InChI is InChI=1S/C14H25NO4/c1-9(2)11(13(17)19-14(3,4)5)15-12(16)10-6-7-18-8-10/h9-11H,6-8H2,1-5H3,(H,15,16)/t10?,11-/m1/s1. The highest BCUT2D eigenvalue weighted by atomic mass is 16.6. The van der Waals surface area contributed by atoms with E-state index < -0.39 is 11.6 Å². The number of rotatable bonds is 4. The van der Waals surface area contributed by atoms with Crippen molar-refractivity contribution in [2.45, 2.75) is 52.7 Å². The van der Waals surface area contributed by atoms with Gasteiger partial charge in [-0.15, -0.1) is 0 Å². The number of esters is 1. The van der Waals surface area contributed by atoms with Gasteiger partial charge in [0.1, 0.15) is 11.6 Å². The van der Waals surface area contributed by atoms with Crippen LogP contribution in [0.4, 0.5) is 0 Å². The molecule has 19 heavy (non-hydrogen) atoms. The maximum Gasteiger partial charge on any atom is 0.329 e. The molecule has 5 nitrogen and oxygen atoms in total. The van der Waals surface area contributed by atoms with E-state index in [-0.39, 0.29) is 23.7 Å². The average molecular weight is 271 g/mol. The van der Waals surface area contributed by atoms with E-state index >= 15 is 0 Å². The number of carbonyl (C=O) groups is 2. The Balaban J connectivity index is 2.62. The molecular weight excluding hydrogens is 246 g/mol. The molecule has 5 heteroatoms. The summed E-state index contributed by atoms with van der Waals surface area (Å²) in [7, 11) is 0. The van der Waals surface area contributed by atoms with Crippen LogP contribution in [0.1, 0.15) is 41.0 Å². The van der Waals surface area contributed by atoms with Gasteiger partial charge in [-0.3, -0.25) is 4.79 Å². The third-order valence-electron chi connectivity index (χ3n) is 2.93. The molecule has 1 rings (SSSR count). The summed E-state index contributed by atoms with van der Waals surface area (Å²) >= 11 is 0. The monoisotopic (exact) mass is 271 g/mol. The molecule has 1 aliphatic rings. The van der Waals surface area contributed by atoms with Crippen LogP contribution in [0.2, 0.25) is 0 Å². The second-order valence-corrected chi connectivity index (χ2v) is 6.32. The molecule has 1 amide bonds. The molecule has 1 N–H and O–H groups in total. The first kappa shape index (κ1) is 16.0. The van der Waals surface area contributed by atoms with Crippen LogP contribution in [0.5, 0.6) is 0 Å². The van der Waals surface area contributed by atoms with Crippen LogP contribution in [-0.4, -0.2) is 36.7 Å². The fraction of sp³-hybridized carbons (Fsp3) is 0.857. The quantitative estimate of drug-likeness (QED) is 0.787. The fourth-order valence-corrected chi connectivity index (χ4v) is 1.88. The Morgan fingerprint density at radius 2 is 1.95 bits per heavy atom. The summed E-state index contributed by atoms with van der Waals surface area (Å²) in [4.78, 5) is 24.1. The van der Waals surface area contributed by atoms with Gasteiger partial charge < -0.3 is 14.8 Å². The van der Waals surface area contributed by atoms with E-state index in [4.69, 9.17) is 9.47 Å². The van der Waals surface area contributed by atoms with Crippen molar-refractivity contribution in [2.24, 2.45) is 11.8 Å². The summed E-state index contributed by atoms with van der Waals surface area (Å²) < 4.78 is 10.5. The number of nitrogens with one attached hydrogen (secondary N) is 1. The average Bonchev–Trinajstić information content (AvgIpc) is 2.75. The molecule has 110 valence electrons. The first-order chi connectivity index (χ1) is 8.70. The normalized spacial score (nSPS) is 21.3. The molecule has 0 saturated carbocycles. The summed E-state index contributed by atoms with van der Waals surface area (Å²) in [6.07, 6.45) is 0.713. The molecule has 0 radical (unpaired) electrons. The van der Waals surface area contributed by atoms with Gasteiger partial charge in [-0.05, 0) is 33.1 Å². The zero-order chi connectivity index (χ0) is 14.6. The molecule has 1 unspecified atom stereocenters. The highest BCUT2D eigenvalue weighted by Gasteiger charge is 2.32. The van der Waals surface area contributed by atoms with Gasteiger partial charge in [0.2, 0.25) is 5.91 Å². The van der Waals surface area contributed by atoms with E-state index in [1.54, 1.807) is 0 Å². The van der Waals surface area contributed by atoms with Crippen LogP contribution in [0.15, 0.2) is 0 Å². The van der Waals surface area contributed by atoms with Crippen molar-refractivity contribution in [3.05, 3.63) is 0 Å². The molecule has 2 atom stereocenters. The Morgan fingerprint density at radius 1 is 1.32 bits per heavy atom. The summed E-state index contributed by atoms with van der Waals surface area (Å²) in [5.74, 6) is -0.665. The lowest BCUT2D eigenvalue weighted by molar-refractivity contribution is -0.160. The predicted molar refractivity (Wildman–Crippen MR) is 71.5 cm³/mol. The molecule has 1 aliphatic heterocycles. The first-order valence-electron chi connectivity index (χ1n) is 6.81. The summed E-state index contributed by atoms with van der Waals surface area (Å²) in [6, 6.07) is -0.604. The molecular formula is C14H25NO4. The van der Waals surface area contributed by atoms with Crippen LogP contribution in [0.25, 0.3) is 0 Å². The van der Waals surface area contributed by atoms with Crippen molar-refractivity contribution >= 4 is 11.9 Å². The van der Waals surface area contributed by atoms with Crippen molar-refractivity contribution < 1.29 is 19.1 Å². The fourth-order valence-electron chi connectivity index (χ4n) is 1.88. The van der Waals surface area contributed by atoms with E-state index in [9.17, 15) is 9.59 Å². The Bertz CT molecular complexity index is 327. The summed E-state index contributed by atoms with van der Waals surface area (Å²) in [5.41, 5.74) is -0.550. The minimum atomic E-state index is -0.604. The van der Waals surface area contributed by atoms with Crippen molar-refractivity contribution in [2.75, 3.05) is 13.2 Å². The lowest BCUT2D eigenvalue weighted by atomic mass is 10.0. The number of hydrogen-bond donors (Lipinski definition) is 1. The smallest absolute Gasteiger partial charge is 0.329 e. The Kier molecular flexibility index (Phi) is 5.35. The van der Waals surface area contributed by atoms with Gasteiger partial charge in [0.25, 0.3) is 0 Å². The van der Waals surface area contributed by atoms with E-state index in [2.05, 4.69) is 5.32 Å². The van der Waals surface area contributed by atoms with Crippen molar-refractivity contribution in [3.8, 4) is 0 Å². The zero-order valence-electron chi connectivity index (χ0n) is 12.5. The predicted octanol–water partition coefficient (Wildman–Crippen LogP) is 1.51. The molecule has 0 aromatic rings. The highest BCUT2D eigenvalue weighted by Crippen LogP contribution is 2.16. The van der Waals surface area contributed by atoms with Crippen molar-refractivity contribution in [3.63, 3.8) is 0 Å². The third kappa shape index (κ3) is 5.19. The van der Waals surface area contributed by atoms with Crippen LogP contribution < -0.4 is 5.32 Å². The second-order valence-electron chi connectivity index (χ2n) is 6.32. The Morgan fingerprint density at radius 3 is 2.37 bits per heavy atom. The maximum atomic E-state index is 12.1. The maximum absolute atomic E-state index is 12.1. The van der Waals surface area contributed by atoms with Gasteiger partial charge in [-0.25, -0.2) is 4.79 Å². The zero-order valence-corrected chi connectivity index (χ0v) is 12.5. The molecule has 0 aliphatic carbocycles. The van der Waals surface area contributed by atoms with Gasteiger partial charge in [-0.2, -0.15) is 0 Å². The minimum Gasteiger partial charge on any atom is -0.458 e. The van der Waals surface area contributed by atoms with Crippen molar-refractivity contribution in [1.29, 1.82) is 0 Å². The minimum absolute atomic E-state index is 0.0129. The summed E-state index contributed by atoms with van der Waals surface area (Å²) in [5, 5.41) is 2.79. The third-order valence-corrected chi connectivity index (χ3v) is 2.93. The van der Waals surface area contributed by atoms with Crippen LogP contribution in [0.3, 0.4) is 0 Å². The van der Waals surface area contributed by atoms with Gasteiger partial charge >= 0.3 is 5.97 Å². The molecule has 1 saturated heterocycles. The topological polar surface area (TPSA) is 64.6 Å². The molecule has 0 aromatic heterocycles. The molecule has 1 fully saturated rings. The number of carbonyl (C=O) groups excluding carboxylic acids is 2. The summed E-state index contributed by atoms with van der Waals surface area (Å²) in [6.45, 7) is 10.3. The highest BCUT2D eigenvalue weighted by molar-refractivity contribution is 5.86. The number of amides is 1. The van der Waals surface area contributed by atoms with Crippen molar-refractivity contribution in [1.82, 2.24) is 5.32 Å². The second kappa shape index (κ2) is 6.37. The van der Waals surface area contributed by atoms with Crippen LogP contribution in [0, 0.1) is 11.8 Å². The van der Waals surface area contributed by atoms with Gasteiger partial charge in [-0.1, -0.05) is 13.8 Å². The van der Waals surface area contributed by atoms with Gasteiger partial charge in [0.15, 0.2) is 0 Å².